The van der Waals surface area contributed by atoms with Crippen molar-refractivity contribution in [2.24, 2.45) is 0 Å². The molecule has 11 aromatic carbocycles. The summed E-state index contributed by atoms with van der Waals surface area (Å²) in [6.45, 7) is 15.2. The Kier molecular flexibility index (Phi) is 12.2. The van der Waals surface area contributed by atoms with Gasteiger partial charge >= 0.3 is 0 Å². The lowest BCUT2D eigenvalue weighted by Gasteiger charge is -2.19. The van der Waals surface area contributed by atoms with Crippen LogP contribution in [0.25, 0.3) is 143 Å². The van der Waals surface area contributed by atoms with E-state index in [1.54, 1.807) is 0 Å². The Morgan fingerprint density at radius 1 is 0.321 bits per heavy atom. The Labute approximate surface area is 483 Å². The first kappa shape index (κ1) is 49.8. The topological polar surface area (TPSA) is 116 Å². The van der Waals surface area contributed by atoms with E-state index in [2.05, 4.69) is 140 Å². The van der Waals surface area contributed by atoms with Crippen LogP contribution in [-0.4, -0.2) is 19.1 Å². The largest absolute Gasteiger partial charge is 0.308 e. The summed E-state index contributed by atoms with van der Waals surface area (Å²) in [7, 11) is 0. The predicted octanol–water partition coefficient (Wildman–Crippen LogP) is 19.1. The van der Waals surface area contributed by atoms with Gasteiger partial charge in [-0.1, -0.05) is 158 Å². The lowest BCUT2D eigenvalue weighted by Crippen LogP contribution is -2.06. The summed E-state index contributed by atoms with van der Waals surface area (Å²) in [5.74, 6) is 0.449. The summed E-state index contributed by atoms with van der Waals surface area (Å²) >= 11 is 0. The molecule has 3 aromatic heterocycles. The van der Waals surface area contributed by atoms with E-state index in [0.717, 1.165) is 111 Å². The van der Waals surface area contributed by atoms with Crippen LogP contribution in [0.15, 0.2) is 249 Å². The monoisotopic (exact) mass is 1070 g/mol. The molecule has 0 aliphatic carbocycles. The van der Waals surface area contributed by atoms with Crippen LogP contribution in [0.5, 0.6) is 0 Å². The van der Waals surface area contributed by atoms with E-state index in [1.165, 1.54) is 0 Å². The Morgan fingerprint density at radius 2 is 0.667 bits per heavy atom. The Balaban J connectivity index is 1.08. The van der Waals surface area contributed by atoms with E-state index in [4.69, 9.17) is 23.1 Å². The normalized spacial score (nSPS) is 11.0. The highest BCUT2D eigenvalue weighted by Crippen LogP contribution is 2.44. The second-order valence-corrected chi connectivity index (χ2v) is 20.5. The first-order chi connectivity index (χ1) is 41.4. The molecule has 0 N–H and O–H groups in total. The average molecular weight is 1070 g/mol. The summed E-state index contributed by atoms with van der Waals surface area (Å²) in [5.41, 5.74) is 19.2. The average Bonchev–Trinajstić information content (AvgIpc) is 3.52. The maximum absolute atomic E-state index is 11.7. The van der Waals surface area contributed by atoms with Gasteiger partial charge in [0.05, 0.1) is 86.8 Å². The molecule has 9 heteroatoms. The van der Waals surface area contributed by atoms with Gasteiger partial charge in [0.25, 0.3) is 0 Å². The van der Waals surface area contributed by atoms with Crippen molar-refractivity contribution in [2.45, 2.75) is 0 Å². The minimum atomic E-state index is 0.408. The maximum Gasteiger partial charge on any atom is 0.187 e. The predicted molar refractivity (Wildman–Crippen MR) is 335 cm³/mol. The first-order valence-electron chi connectivity index (χ1n) is 27.1. The van der Waals surface area contributed by atoms with Gasteiger partial charge in [-0.05, 0) is 136 Å². The van der Waals surface area contributed by atoms with E-state index in [1.807, 2.05) is 146 Å². The molecule has 0 aliphatic heterocycles. The second kappa shape index (κ2) is 20.7. The van der Waals surface area contributed by atoms with Crippen molar-refractivity contribution in [3.05, 3.63) is 288 Å². The molecule has 9 nitrogen and oxygen atoms in total. The van der Waals surface area contributed by atoms with Crippen LogP contribution < -0.4 is 0 Å². The molecule has 0 atom stereocenters. The molecule has 0 fully saturated rings. The van der Waals surface area contributed by atoms with E-state index in [9.17, 15) is 15.8 Å². The summed E-state index contributed by atoms with van der Waals surface area (Å²) in [6, 6.07) is 89.5. The maximum atomic E-state index is 11.7. The van der Waals surface area contributed by atoms with Crippen LogP contribution in [0.3, 0.4) is 0 Å². The fourth-order valence-corrected chi connectivity index (χ4v) is 11.5. The molecule has 0 saturated heterocycles. The van der Waals surface area contributed by atoms with Crippen molar-refractivity contribution >= 4 is 55.0 Å². The number of nitrogens with zero attached hydrogens (tertiary/aromatic N) is 9. The highest BCUT2D eigenvalue weighted by atomic mass is 15.0. The summed E-state index contributed by atoms with van der Waals surface area (Å²) in [4.78, 5) is 18.2. The molecule has 0 amide bonds. The van der Waals surface area contributed by atoms with E-state index >= 15 is 0 Å². The van der Waals surface area contributed by atoms with Crippen LogP contribution >= 0.6 is 0 Å². The molecule has 3 heterocycles. The number of hydrogen-bond acceptors (Lipinski definition) is 5. The van der Waals surface area contributed by atoms with Crippen molar-refractivity contribution < 1.29 is 0 Å². The van der Waals surface area contributed by atoms with Gasteiger partial charge in [0.1, 0.15) is 6.07 Å². The molecule has 0 aliphatic rings. The summed E-state index contributed by atoms with van der Waals surface area (Å²) < 4.78 is 4.40. The van der Waals surface area contributed by atoms with Gasteiger partial charge in [0.15, 0.2) is 17.2 Å². The Hall–Kier alpha value is -12.5. The number of fused-ring (bicyclic) bond motifs is 6. The molecular formula is C75H41N9. The zero-order chi connectivity index (χ0) is 56.8. The zero-order valence-electron chi connectivity index (χ0n) is 44.7. The third kappa shape index (κ3) is 8.72. The van der Waals surface area contributed by atoms with E-state index in [0.29, 0.717) is 50.8 Å². The van der Waals surface area contributed by atoms with Gasteiger partial charge in [0, 0.05) is 38.2 Å². The molecule has 0 unspecified atom stereocenters. The molecule has 0 spiro atoms. The molecule has 0 saturated carbocycles. The van der Waals surface area contributed by atoms with Gasteiger partial charge in [-0.2, -0.15) is 15.8 Å². The van der Waals surface area contributed by atoms with Crippen molar-refractivity contribution in [3.63, 3.8) is 0 Å². The van der Waals surface area contributed by atoms with Crippen LogP contribution in [-0.2, 0) is 0 Å². The quantitative estimate of drug-likeness (QED) is 0.134. The van der Waals surface area contributed by atoms with Gasteiger partial charge < -0.3 is 9.13 Å². The van der Waals surface area contributed by atoms with Crippen molar-refractivity contribution in [3.8, 4) is 108 Å². The molecule has 0 radical (unpaired) electrons. The standard InChI is InChI=1S/C75H41N9/c1-79-60-29-21-51(22-30-60)57-25-33-69-62(39-57)63-40-58(52-23-31-61(80-2)32-24-52)26-34-70(63)83(69)73-42-66(75-81-67(53-9-5-3-6-10-53)43-68(82-75)54-11-7-4-8-12-54)74(41-59(73)46-78)84-71-35-27-55(49-17-13-47(44-76)14-18-49)37-64(71)65-38-56(28-36-72(65)84)50-19-15-48(45-77)16-20-50/h3-43H. The van der Waals surface area contributed by atoms with Crippen LogP contribution in [0.2, 0.25) is 0 Å². The van der Waals surface area contributed by atoms with Gasteiger partial charge in [-0.15, -0.1) is 0 Å². The van der Waals surface area contributed by atoms with Crippen molar-refractivity contribution in [2.75, 3.05) is 0 Å². The SMILES string of the molecule is [C-]#[N+]c1ccc(-c2ccc3c(c2)c2cc(-c4ccc([N+]#[C-])cc4)ccc2n3-c2cc(-c3nc(-c4ccccc4)cc(-c4ccccc4)n3)c(-n3c4ccc(-c5ccc(C#N)cc5)cc4c4cc(-c5ccc(C#N)cc5)ccc43)cc2C#N)cc1. The smallest absolute Gasteiger partial charge is 0.187 e. The highest BCUT2D eigenvalue weighted by molar-refractivity contribution is 6.14. The van der Waals surface area contributed by atoms with Crippen LogP contribution in [0, 0.1) is 47.1 Å². The summed E-state index contributed by atoms with van der Waals surface area (Å²) in [6.07, 6.45) is 0. The lowest BCUT2D eigenvalue weighted by atomic mass is 9.99. The number of rotatable bonds is 9. The number of aromatic nitrogens is 4. The molecular weight excluding hydrogens is 1030 g/mol. The number of hydrogen-bond donors (Lipinski definition) is 0. The first-order valence-corrected chi connectivity index (χ1v) is 27.1. The third-order valence-electron chi connectivity index (χ3n) is 15.7. The van der Waals surface area contributed by atoms with E-state index < -0.39 is 0 Å². The Morgan fingerprint density at radius 3 is 1.01 bits per heavy atom. The van der Waals surface area contributed by atoms with Crippen molar-refractivity contribution in [1.82, 2.24) is 19.1 Å². The van der Waals surface area contributed by atoms with Crippen LogP contribution in [0.4, 0.5) is 11.4 Å². The van der Waals surface area contributed by atoms with E-state index in [-0.39, 0.29) is 0 Å². The molecule has 14 rings (SSSR count). The molecule has 386 valence electrons. The highest BCUT2D eigenvalue weighted by Gasteiger charge is 2.25. The third-order valence-corrected chi connectivity index (χ3v) is 15.7. The molecule has 14 aromatic rings. The Bertz CT molecular complexity index is 4910. The fraction of sp³-hybridized carbons (Fsp3) is 0. The summed E-state index contributed by atoms with van der Waals surface area (Å²) in [5, 5.41) is 34.9. The zero-order valence-corrected chi connectivity index (χ0v) is 44.7. The molecule has 84 heavy (non-hydrogen) atoms. The minimum absolute atomic E-state index is 0.408. The molecule has 0 bridgehead atoms. The fourth-order valence-electron chi connectivity index (χ4n) is 11.5. The second-order valence-electron chi connectivity index (χ2n) is 20.5. The minimum Gasteiger partial charge on any atom is -0.308 e. The van der Waals surface area contributed by atoms with Gasteiger partial charge in [-0.3, -0.25) is 0 Å². The number of nitriles is 3. The van der Waals surface area contributed by atoms with Crippen LogP contribution in [0.1, 0.15) is 16.7 Å². The van der Waals surface area contributed by atoms with Gasteiger partial charge in [-0.25, -0.2) is 19.7 Å². The van der Waals surface area contributed by atoms with Gasteiger partial charge in [0.2, 0.25) is 0 Å². The number of benzene rings is 11. The van der Waals surface area contributed by atoms with Crippen molar-refractivity contribution in [1.29, 1.82) is 15.8 Å². The lowest BCUT2D eigenvalue weighted by molar-refractivity contribution is 1.11.